The summed E-state index contributed by atoms with van der Waals surface area (Å²) in [7, 11) is -3.78. The molecule has 2 aromatic heterocycles. The van der Waals surface area contributed by atoms with Crippen LogP contribution in [0.25, 0.3) is 49.7 Å². The first-order chi connectivity index (χ1) is 16.0. The average molecular weight is 451 g/mol. The molecule has 0 radical (unpaired) electrons. The lowest BCUT2D eigenvalue weighted by Gasteiger charge is -2.14. The number of benzene rings is 4. The number of imidazole rings is 1. The maximum absolute atomic E-state index is 11.7. The smallest absolute Gasteiger partial charge is 0.238 e. The van der Waals surface area contributed by atoms with Gasteiger partial charge in [-0.1, -0.05) is 36.4 Å². The van der Waals surface area contributed by atoms with Crippen LogP contribution in [0.5, 0.6) is 0 Å². The SMILES string of the molecule is NS(=O)(=O)c1ccc(-c2nc3cnccc3n2-c2cccc3cc4ccccc4cc23)cc1. The molecular weight excluding hydrogens is 432 g/mol. The number of hydrogen-bond donors (Lipinski definition) is 1. The van der Waals surface area contributed by atoms with Gasteiger partial charge in [0.2, 0.25) is 10.0 Å². The molecule has 0 bridgehead atoms. The van der Waals surface area contributed by atoms with Crippen LogP contribution >= 0.6 is 0 Å². The van der Waals surface area contributed by atoms with E-state index in [0.717, 1.165) is 38.4 Å². The van der Waals surface area contributed by atoms with Gasteiger partial charge in [-0.25, -0.2) is 18.5 Å². The van der Waals surface area contributed by atoms with Gasteiger partial charge in [-0.3, -0.25) is 9.55 Å². The fourth-order valence-electron chi connectivity index (χ4n) is 4.31. The molecule has 0 spiro atoms. The number of fused-ring (bicyclic) bond motifs is 3. The van der Waals surface area contributed by atoms with Gasteiger partial charge in [0.05, 0.1) is 22.3 Å². The standard InChI is InChI=1S/C26H18N4O2S/c27-33(31,32)21-10-8-17(9-11-21)26-29-23-16-28-13-12-25(23)30(26)24-7-3-6-20-14-18-4-1-2-5-19(18)15-22(20)24/h1-16H,(H2,27,31,32). The van der Waals surface area contributed by atoms with Crippen LogP contribution in [0.15, 0.2) is 102 Å². The summed E-state index contributed by atoms with van der Waals surface area (Å²) in [6.07, 6.45) is 3.48. The summed E-state index contributed by atoms with van der Waals surface area (Å²) in [4.78, 5) is 9.13. The van der Waals surface area contributed by atoms with Gasteiger partial charge in [-0.2, -0.15) is 0 Å². The van der Waals surface area contributed by atoms with E-state index in [9.17, 15) is 8.42 Å². The highest BCUT2D eigenvalue weighted by atomic mass is 32.2. The Morgan fingerprint density at radius 3 is 2.27 bits per heavy atom. The van der Waals surface area contributed by atoms with Crippen LogP contribution in [0.4, 0.5) is 0 Å². The highest BCUT2D eigenvalue weighted by Gasteiger charge is 2.17. The summed E-state index contributed by atoms with van der Waals surface area (Å²) in [5.41, 5.74) is 3.42. The van der Waals surface area contributed by atoms with Crippen molar-refractivity contribution >= 4 is 42.6 Å². The van der Waals surface area contributed by atoms with Gasteiger partial charge in [0, 0.05) is 17.1 Å². The van der Waals surface area contributed by atoms with Gasteiger partial charge in [0.25, 0.3) is 0 Å². The second-order valence-corrected chi connectivity index (χ2v) is 9.46. The number of rotatable bonds is 3. The Morgan fingerprint density at radius 2 is 1.52 bits per heavy atom. The molecular formula is C26H18N4O2S. The number of pyridine rings is 1. The lowest BCUT2D eigenvalue weighted by Crippen LogP contribution is -2.11. The number of sulfonamides is 1. The quantitative estimate of drug-likeness (QED) is 0.382. The van der Waals surface area contributed by atoms with Crippen LogP contribution in [0, 0.1) is 0 Å². The summed E-state index contributed by atoms with van der Waals surface area (Å²) in [5, 5.41) is 9.83. The number of primary sulfonamides is 1. The highest BCUT2D eigenvalue weighted by molar-refractivity contribution is 7.89. The maximum Gasteiger partial charge on any atom is 0.238 e. The molecule has 6 nitrogen and oxygen atoms in total. The van der Waals surface area contributed by atoms with E-state index in [1.807, 2.05) is 24.3 Å². The van der Waals surface area contributed by atoms with Crippen molar-refractivity contribution in [1.82, 2.24) is 14.5 Å². The summed E-state index contributed by atoms with van der Waals surface area (Å²) in [5.74, 6) is 0.694. The number of aromatic nitrogens is 3. The normalized spacial score (nSPS) is 12.0. The number of hydrogen-bond acceptors (Lipinski definition) is 4. The van der Waals surface area contributed by atoms with Gasteiger partial charge in [0.15, 0.2) is 0 Å². The van der Waals surface area contributed by atoms with Crippen molar-refractivity contribution in [2.45, 2.75) is 4.90 Å². The molecule has 0 aliphatic carbocycles. The topological polar surface area (TPSA) is 90.9 Å². The van der Waals surface area contributed by atoms with E-state index in [4.69, 9.17) is 10.1 Å². The second kappa shape index (κ2) is 7.23. The van der Waals surface area contributed by atoms with Crippen LogP contribution in [0.2, 0.25) is 0 Å². The zero-order valence-electron chi connectivity index (χ0n) is 17.4. The third-order valence-electron chi connectivity index (χ3n) is 5.86. The largest absolute Gasteiger partial charge is 0.292 e. The Morgan fingerprint density at radius 1 is 0.788 bits per heavy atom. The van der Waals surface area contributed by atoms with E-state index < -0.39 is 10.0 Å². The summed E-state index contributed by atoms with van der Waals surface area (Å²) in [6.45, 7) is 0. The minimum atomic E-state index is -3.78. The molecule has 2 heterocycles. The van der Waals surface area contributed by atoms with Gasteiger partial charge in [-0.15, -0.1) is 0 Å². The minimum Gasteiger partial charge on any atom is -0.292 e. The van der Waals surface area contributed by atoms with Crippen molar-refractivity contribution in [1.29, 1.82) is 0 Å². The molecule has 6 rings (SSSR count). The predicted molar refractivity (Wildman–Crippen MR) is 131 cm³/mol. The van der Waals surface area contributed by atoms with Crippen molar-refractivity contribution in [3.8, 4) is 17.1 Å². The lowest BCUT2D eigenvalue weighted by molar-refractivity contribution is 0.598. The molecule has 0 amide bonds. The van der Waals surface area contributed by atoms with E-state index in [0.29, 0.717) is 5.82 Å². The van der Waals surface area contributed by atoms with E-state index in [1.165, 1.54) is 17.5 Å². The lowest BCUT2D eigenvalue weighted by atomic mass is 10.0. The molecule has 0 atom stereocenters. The number of nitrogens with zero attached hydrogens (tertiary/aromatic N) is 3. The molecule has 6 aromatic rings. The van der Waals surface area contributed by atoms with E-state index in [1.54, 1.807) is 24.5 Å². The number of nitrogens with two attached hydrogens (primary N) is 1. The maximum atomic E-state index is 11.7. The van der Waals surface area contributed by atoms with E-state index >= 15 is 0 Å². The zero-order valence-corrected chi connectivity index (χ0v) is 18.2. The fourth-order valence-corrected chi connectivity index (χ4v) is 4.82. The Kier molecular flexibility index (Phi) is 4.29. The Hall–Kier alpha value is -4.07. The van der Waals surface area contributed by atoms with Gasteiger partial charge < -0.3 is 0 Å². The molecule has 2 N–H and O–H groups in total. The average Bonchev–Trinajstić information content (AvgIpc) is 3.21. The first-order valence-electron chi connectivity index (χ1n) is 10.4. The fraction of sp³-hybridized carbons (Fsp3) is 0. The highest BCUT2D eigenvalue weighted by Crippen LogP contribution is 2.34. The van der Waals surface area contributed by atoms with Crippen molar-refractivity contribution in [3.63, 3.8) is 0 Å². The molecule has 7 heteroatoms. The van der Waals surface area contributed by atoms with Crippen LogP contribution < -0.4 is 5.14 Å². The minimum absolute atomic E-state index is 0.0622. The molecule has 33 heavy (non-hydrogen) atoms. The Bertz CT molecular complexity index is 1790. The first kappa shape index (κ1) is 19.6. The van der Waals surface area contributed by atoms with Crippen LogP contribution in [-0.4, -0.2) is 23.0 Å². The Balaban J connectivity index is 1.66. The Labute approximate surface area is 190 Å². The van der Waals surface area contributed by atoms with Crippen LogP contribution in [0.1, 0.15) is 0 Å². The van der Waals surface area contributed by atoms with Crippen molar-refractivity contribution < 1.29 is 8.42 Å². The first-order valence-corrected chi connectivity index (χ1v) is 11.9. The van der Waals surface area contributed by atoms with E-state index in [-0.39, 0.29) is 4.90 Å². The molecule has 0 saturated carbocycles. The summed E-state index contributed by atoms with van der Waals surface area (Å²) >= 11 is 0. The monoisotopic (exact) mass is 450 g/mol. The third kappa shape index (κ3) is 3.26. The second-order valence-electron chi connectivity index (χ2n) is 7.90. The zero-order chi connectivity index (χ0) is 22.6. The molecule has 0 unspecified atom stereocenters. The summed E-state index contributed by atoms with van der Waals surface area (Å²) in [6, 6.07) is 27.3. The van der Waals surface area contributed by atoms with Gasteiger partial charge >= 0.3 is 0 Å². The van der Waals surface area contributed by atoms with Crippen LogP contribution in [-0.2, 0) is 10.0 Å². The van der Waals surface area contributed by atoms with Crippen molar-refractivity contribution in [2.75, 3.05) is 0 Å². The van der Waals surface area contributed by atoms with E-state index in [2.05, 4.69) is 45.9 Å². The van der Waals surface area contributed by atoms with Crippen LogP contribution in [0.3, 0.4) is 0 Å². The molecule has 4 aromatic carbocycles. The van der Waals surface area contributed by atoms with Crippen molar-refractivity contribution in [3.05, 3.63) is 97.3 Å². The van der Waals surface area contributed by atoms with Gasteiger partial charge in [-0.05, 0) is 64.7 Å². The van der Waals surface area contributed by atoms with Crippen molar-refractivity contribution in [2.24, 2.45) is 5.14 Å². The molecule has 0 fully saturated rings. The predicted octanol–water partition coefficient (Wildman–Crippen LogP) is 5.04. The summed E-state index contributed by atoms with van der Waals surface area (Å²) < 4.78 is 25.5. The van der Waals surface area contributed by atoms with Gasteiger partial charge in [0.1, 0.15) is 11.3 Å². The molecule has 160 valence electrons. The third-order valence-corrected chi connectivity index (χ3v) is 6.79. The molecule has 0 aliphatic heterocycles. The molecule has 0 saturated heterocycles. The molecule has 0 aliphatic rings.